The third kappa shape index (κ3) is 3.42. The molecule has 1 aromatic carbocycles. The molecule has 0 spiro atoms. The van der Waals surface area contributed by atoms with Crippen LogP contribution in [0.25, 0.3) is 0 Å². The molecule has 0 saturated heterocycles. The van der Waals surface area contributed by atoms with Gasteiger partial charge in [-0.15, -0.1) is 0 Å². The Hall–Kier alpha value is -1.12. The molecule has 1 atom stereocenters. The highest BCUT2D eigenvalue weighted by molar-refractivity contribution is 5.33. The fourth-order valence-corrected chi connectivity index (χ4v) is 2.05. The van der Waals surface area contributed by atoms with Crippen LogP contribution >= 0.6 is 0 Å². The van der Waals surface area contributed by atoms with Gasteiger partial charge in [0.15, 0.2) is 17.4 Å². The van der Waals surface area contributed by atoms with Crippen LogP contribution in [-0.2, 0) is 0 Å². The Balaban J connectivity index is 3.03. The molecule has 0 saturated carbocycles. The maximum Gasteiger partial charge on any atom is 0.190 e. The zero-order valence-corrected chi connectivity index (χ0v) is 10.7. The van der Waals surface area contributed by atoms with Crippen molar-refractivity contribution in [2.24, 2.45) is 0 Å². The lowest BCUT2D eigenvalue weighted by molar-refractivity contribution is 0.302. The maximum absolute atomic E-state index is 13.7. The van der Waals surface area contributed by atoms with Gasteiger partial charge in [0.1, 0.15) is 0 Å². The molecule has 0 aliphatic rings. The van der Waals surface area contributed by atoms with Gasteiger partial charge in [-0.2, -0.15) is 0 Å². The van der Waals surface area contributed by atoms with E-state index >= 15 is 0 Å². The van der Waals surface area contributed by atoms with Crippen LogP contribution in [0.5, 0.6) is 5.75 Å². The topological polar surface area (TPSA) is 9.23 Å². The molecular formula is C14H20F2O. The van der Waals surface area contributed by atoms with E-state index in [1.54, 1.807) is 6.92 Å². The smallest absolute Gasteiger partial charge is 0.190 e. The fraction of sp³-hybridized carbons (Fsp3) is 0.571. The summed E-state index contributed by atoms with van der Waals surface area (Å²) in [6, 6.07) is 2.80. The second kappa shape index (κ2) is 6.58. The quantitative estimate of drug-likeness (QED) is 0.705. The molecule has 17 heavy (non-hydrogen) atoms. The lowest BCUT2D eigenvalue weighted by atomic mass is 9.92. The highest BCUT2D eigenvalue weighted by Gasteiger charge is 2.16. The minimum atomic E-state index is -0.601. The molecule has 1 nitrogen and oxygen atoms in total. The maximum atomic E-state index is 13.7. The van der Waals surface area contributed by atoms with E-state index < -0.39 is 11.6 Å². The molecule has 0 aliphatic heterocycles. The lowest BCUT2D eigenvalue weighted by Gasteiger charge is -2.16. The van der Waals surface area contributed by atoms with Gasteiger partial charge in [-0.1, -0.05) is 20.3 Å². The van der Waals surface area contributed by atoms with Crippen molar-refractivity contribution in [3.8, 4) is 5.75 Å². The third-order valence-corrected chi connectivity index (χ3v) is 2.91. The van der Waals surface area contributed by atoms with Gasteiger partial charge in [0.2, 0.25) is 0 Å². The van der Waals surface area contributed by atoms with Crippen molar-refractivity contribution >= 4 is 0 Å². The molecule has 3 heteroatoms. The van der Waals surface area contributed by atoms with Gasteiger partial charge in [0.05, 0.1) is 6.61 Å². The van der Waals surface area contributed by atoms with Crippen LogP contribution in [0.1, 0.15) is 51.5 Å². The number of hydrogen-bond acceptors (Lipinski definition) is 1. The number of benzene rings is 1. The third-order valence-electron chi connectivity index (χ3n) is 2.91. The first kappa shape index (κ1) is 13.9. The molecule has 0 aromatic heterocycles. The van der Waals surface area contributed by atoms with Crippen molar-refractivity contribution in [2.75, 3.05) is 6.61 Å². The number of hydrogen-bond donors (Lipinski definition) is 0. The highest BCUT2D eigenvalue weighted by Crippen LogP contribution is 2.30. The van der Waals surface area contributed by atoms with E-state index in [-0.39, 0.29) is 18.3 Å². The average molecular weight is 242 g/mol. The molecule has 0 heterocycles. The fourth-order valence-electron chi connectivity index (χ4n) is 2.05. The number of halogens is 2. The summed E-state index contributed by atoms with van der Waals surface area (Å²) in [6.45, 7) is 6.08. The Bertz CT molecular complexity index is 340. The summed E-state index contributed by atoms with van der Waals surface area (Å²) in [5.74, 6) is -1.24. The van der Waals surface area contributed by atoms with Gasteiger partial charge in [-0.25, -0.2) is 8.78 Å². The summed E-state index contributed by atoms with van der Waals surface area (Å²) in [5.41, 5.74) is 0.729. The van der Waals surface area contributed by atoms with Crippen LogP contribution in [0, 0.1) is 11.6 Å². The molecule has 1 rings (SSSR count). The van der Waals surface area contributed by atoms with Crippen molar-refractivity contribution < 1.29 is 13.5 Å². The first-order valence-electron chi connectivity index (χ1n) is 6.25. The van der Waals surface area contributed by atoms with Gasteiger partial charge < -0.3 is 4.74 Å². The van der Waals surface area contributed by atoms with Gasteiger partial charge in [0.25, 0.3) is 0 Å². The molecule has 96 valence electrons. The Morgan fingerprint density at radius 1 is 1.12 bits per heavy atom. The van der Waals surface area contributed by atoms with Crippen LogP contribution < -0.4 is 4.74 Å². The largest absolute Gasteiger partial charge is 0.488 e. The van der Waals surface area contributed by atoms with Crippen molar-refractivity contribution in [3.63, 3.8) is 0 Å². The highest BCUT2D eigenvalue weighted by atomic mass is 19.1. The van der Waals surface area contributed by atoms with Crippen molar-refractivity contribution in [2.45, 2.75) is 46.0 Å². The summed E-state index contributed by atoms with van der Waals surface area (Å²) in [5, 5.41) is 0. The minimum Gasteiger partial charge on any atom is -0.488 e. The predicted octanol–water partition coefficient (Wildman–Crippen LogP) is 4.66. The molecule has 0 fully saturated rings. The molecular weight excluding hydrogens is 222 g/mol. The monoisotopic (exact) mass is 242 g/mol. The van der Waals surface area contributed by atoms with Gasteiger partial charge in [-0.05, 0) is 43.4 Å². The second-order valence-electron chi connectivity index (χ2n) is 4.14. The van der Waals surface area contributed by atoms with E-state index in [0.29, 0.717) is 0 Å². The standard InChI is InChI=1S/C14H20F2O/c1-4-7-10(5-2)11-8-12(15)14(17-6-3)13(16)9-11/h8-10H,4-7H2,1-3H3. The van der Waals surface area contributed by atoms with Crippen molar-refractivity contribution in [1.82, 2.24) is 0 Å². The molecule has 0 bridgehead atoms. The van der Waals surface area contributed by atoms with E-state index in [0.717, 1.165) is 24.8 Å². The molecule has 0 aliphatic carbocycles. The van der Waals surface area contributed by atoms with Gasteiger partial charge >= 0.3 is 0 Å². The van der Waals surface area contributed by atoms with Crippen LogP contribution in [0.15, 0.2) is 12.1 Å². The Morgan fingerprint density at radius 2 is 1.71 bits per heavy atom. The normalized spacial score (nSPS) is 12.5. The summed E-state index contributed by atoms with van der Waals surface area (Å²) >= 11 is 0. The zero-order chi connectivity index (χ0) is 12.8. The number of ether oxygens (including phenoxy) is 1. The van der Waals surface area contributed by atoms with E-state index in [2.05, 4.69) is 6.92 Å². The summed E-state index contributed by atoms with van der Waals surface area (Å²) < 4.78 is 32.3. The van der Waals surface area contributed by atoms with Gasteiger partial charge in [-0.3, -0.25) is 0 Å². The SMILES string of the molecule is CCCC(CC)c1cc(F)c(OCC)c(F)c1. The predicted molar refractivity (Wildman–Crippen MR) is 65.5 cm³/mol. The van der Waals surface area contributed by atoms with Crippen LogP contribution in [0.3, 0.4) is 0 Å². The van der Waals surface area contributed by atoms with E-state index in [1.807, 2.05) is 6.92 Å². The minimum absolute atomic E-state index is 0.222. The lowest BCUT2D eigenvalue weighted by Crippen LogP contribution is -2.03. The van der Waals surface area contributed by atoms with Crippen molar-refractivity contribution in [3.05, 3.63) is 29.3 Å². The summed E-state index contributed by atoms with van der Waals surface area (Å²) in [7, 11) is 0. The number of rotatable bonds is 6. The molecule has 1 unspecified atom stereocenters. The van der Waals surface area contributed by atoms with E-state index in [1.165, 1.54) is 12.1 Å². The molecule has 0 radical (unpaired) electrons. The first-order valence-corrected chi connectivity index (χ1v) is 6.25. The van der Waals surface area contributed by atoms with Crippen LogP contribution in [0.4, 0.5) is 8.78 Å². The zero-order valence-electron chi connectivity index (χ0n) is 10.7. The van der Waals surface area contributed by atoms with Crippen LogP contribution in [0.2, 0.25) is 0 Å². The first-order chi connectivity index (χ1) is 8.13. The second-order valence-corrected chi connectivity index (χ2v) is 4.14. The van der Waals surface area contributed by atoms with Crippen LogP contribution in [-0.4, -0.2) is 6.61 Å². The summed E-state index contributed by atoms with van der Waals surface area (Å²) in [4.78, 5) is 0. The van der Waals surface area contributed by atoms with Gasteiger partial charge in [0, 0.05) is 0 Å². The Kier molecular flexibility index (Phi) is 5.39. The van der Waals surface area contributed by atoms with E-state index in [9.17, 15) is 8.78 Å². The molecule has 0 amide bonds. The Morgan fingerprint density at radius 3 is 2.12 bits per heavy atom. The van der Waals surface area contributed by atoms with Crippen molar-refractivity contribution in [1.29, 1.82) is 0 Å². The average Bonchev–Trinajstić information content (AvgIpc) is 2.30. The summed E-state index contributed by atoms with van der Waals surface area (Å²) in [6.07, 6.45) is 2.85. The Labute approximate surface area is 102 Å². The van der Waals surface area contributed by atoms with E-state index in [4.69, 9.17) is 4.74 Å². The molecule has 0 N–H and O–H groups in total. The molecule has 1 aromatic rings.